The molecule has 1 aromatic carbocycles. The van der Waals surface area contributed by atoms with E-state index in [1.807, 2.05) is 36.6 Å². The molecule has 0 unspecified atom stereocenters. The average molecular weight is 315 g/mol. The second-order valence-corrected chi connectivity index (χ2v) is 5.03. The Morgan fingerprint density at radius 3 is 2.71 bits per heavy atom. The Balaban J connectivity index is 2.57. The maximum absolute atomic E-state index is 6.08. The summed E-state index contributed by atoms with van der Waals surface area (Å²) >= 11 is 9.44. The molecule has 1 heterocycles. The smallest absolute Gasteiger partial charge is 0.131 e. The minimum atomic E-state index is 0.658. The highest BCUT2D eigenvalue weighted by Gasteiger charge is 2.13. The molecule has 3 nitrogen and oxygen atoms in total. The number of nitrogens with two attached hydrogens (primary N) is 1. The van der Waals surface area contributed by atoms with Gasteiger partial charge in [0.1, 0.15) is 17.3 Å². The molecule has 0 amide bonds. The first-order valence-electron chi connectivity index (χ1n) is 5.32. The molecule has 0 fully saturated rings. The van der Waals surface area contributed by atoms with E-state index in [1.165, 1.54) is 0 Å². The van der Waals surface area contributed by atoms with Crippen LogP contribution in [0.25, 0.3) is 11.3 Å². The average Bonchev–Trinajstić information content (AvgIpc) is 2.58. The van der Waals surface area contributed by atoms with E-state index in [9.17, 15) is 0 Å². The molecule has 0 bridgehead atoms. The van der Waals surface area contributed by atoms with Crippen molar-refractivity contribution in [2.75, 3.05) is 5.73 Å². The molecule has 90 valence electrons. The summed E-state index contributed by atoms with van der Waals surface area (Å²) in [6.07, 6.45) is 0. The zero-order valence-electron chi connectivity index (χ0n) is 9.67. The Kier molecular flexibility index (Phi) is 3.45. The highest BCUT2D eigenvalue weighted by molar-refractivity contribution is 9.10. The van der Waals surface area contributed by atoms with E-state index in [2.05, 4.69) is 20.9 Å². The van der Waals surface area contributed by atoms with Crippen molar-refractivity contribution >= 4 is 33.3 Å². The second kappa shape index (κ2) is 4.70. The summed E-state index contributed by atoms with van der Waals surface area (Å²) in [4.78, 5) is 4.49. The second-order valence-electron chi connectivity index (χ2n) is 3.77. The maximum Gasteiger partial charge on any atom is 0.131 e. The molecule has 2 aromatic rings. The van der Waals surface area contributed by atoms with E-state index in [0.29, 0.717) is 10.8 Å². The third-order valence-electron chi connectivity index (χ3n) is 2.71. The molecule has 0 radical (unpaired) electrons. The van der Waals surface area contributed by atoms with E-state index in [-0.39, 0.29) is 0 Å². The van der Waals surface area contributed by atoms with Gasteiger partial charge in [0.2, 0.25) is 0 Å². The van der Waals surface area contributed by atoms with Crippen molar-refractivity contribution in [1.29, 1.82) is 0 Å². The lowest BCUT2D eigenvalue weighted by Crippen LogP contribution is -2.02. The molecule has 0 aliphatic heterocycles. The van der Waals surface area contributed by atoms with Gasteiger partial charge in [-0.1, -0.05) is 17.7 Å². The third-order valence-corrected chi connectivity index (χ3v) is 3.94. The van der Waals surface area contributed by atoms with Gasteiger partial charge in [-0.2, -0.15) is 0 Å². The van der Waals surface area contributed by atoms with E-state index < -0.39 is 0 Å². The lowest BCUT2D eigenvalue weighted by atomic mass is 10.1. The van der Waals surface area contributed by atoms with E-state index in [0.717, 1.165) is 28.1 Å². The first-order valence-corrected chi connectivity index (χ1v) is 6.49. The van der Waals surface area contributed by atoms with Crippen molar-refractivity contribution in [3.8, 4) is 11.3 Å². The zero-order valence-corrected chi connectivity index (χ0v) is 12.0. The van der Waals surface area contributed by atoms with Crippen LogP contribution in [0.4, 0.5) is 5.82 Å². The number of rotatable bonds is 2. The Bertz CT molecular complexity index is 563. The summed E-state index contributed by atoms with van der Waals surface area (Å²) in [7, 11) is 0. The molecule has 0 aliphatic rings. The van der Waals surface area contributed by atoms with Crippen LogP contribution >= 0.6 is 27.5 Å². The Labute approximate surface area is 114 Å². The van der Waals surface area contributed by atoms with Gasteiger partial charge in [0.05, 0.1) is 5.02 Å². The number of aromatic nitrogens is 2. The van der Waals surface area contributed by atoms with Crippen LogP contribution in [0, 0.1) is 6.92 Å². The van der Waals surface area contributed by atoms with Gasteiger partial charge in [0, 0.05) is 16.6 Å². The minimum absolute atomic E-state index is 0.658. The molecular formula is C12H13BrClN3. The van der Waals surface area contributed by atoms with Crippen LogP contribution in [0.3, 0.4) is 0 Å². The highest BCUT2D eigenvalue weighted by Crippen LogP contribution is 2.31. The largest absolute Gasteiger partial charge is 0.383 e. The number of hydrogen-bond donors (Lipinski definition) is 1. The molecule has 17 heavy (non-hydrogen) atoms. The van der Waals surface area contributed by atoms with Crippen molar-refractivity contribution in [3.63, 3.8) is 0 Å². The summed E-state index contributed by atoms with van der Waals surface area (Å²) in [5.74, 6) is 1.60. The van der Waals surface area contributed by atoms with Crippen LogP contribution in [0.1, 0.15) is 12.7 Å². The standard InChI is InChI=1S/C12H13BrClN3/c1-3-17-7(2)16-11(12(17)15)8-4-5-9(13)10(14)6-8/h4-6H,3,15H2,1-2H3. The summed E-state index contributed by atoms with van der Waals surface area (Å²) in [6.45, 7) is 4.81. The van der Waals surface area contributed by atoms with Crippen molar-refractivity contribution in [3.05, 3.63) is 33.5 Å². The molecule has 0 aliphatic carbocycles. The molecule has 1 aromatic heterocycles. The molecule has 0 atom stereocenters. The van der Waals surface area contributed by atoms with Crippen LogP contribution in [-0.2, 0) is 6.54 Å². The van der Waals surface area contributed by atoms with Crippen molar-refractivity contribution in [2.45, 2.75) is 20.4 Å². The Morgan fingerprint density at radius 2 is 2.18 bits per heavy atom. The molecule has 0 saturated heterocycles. The summed E-state index contributed by atoms with van der Waals surface area (Å²) in [6, 6.07) is 5.72. The van der Waals surface area contributed by atoms with Gasteiger partial charge in [-0.3, -0.25) is 0 Å². The number of halogens is 2. The number of anilines is 1. The lowest BCUT2D eigenvalue weighted by molar-refractivity contribution is 0.739. The topological polar surface area (TPSA) is 43.8 Å². The monoisotopic (exact) mass is 313 g/mol. The summed E-state index contributed by atoms with van der Waals surface area (Å²) in [5.41, 5.74) is 7.81. The van der Waals surface area contributed by atoms with Crippen LogP contribution < -0.4 is 5.73 Å². The SMILES string of the molecule is CCn1c(C)nc(-c2ccc(Br)c(Cl)c2)c1N. The van der Waals surface area contributed by atoms with Crippen LogP contribution in [0.5, 0.6) is 0 Å². The molecule has 2 rings (SSSR count). The van der Waals surface area contributed by atoms with Crippen LogP contribution in [0.2, 0.25) is 5.02 Å². The van der Waals surface area contributed by atoms with Gasteiger partial charge in [0.15, 0.2) is 0 Å². The number of aryl methyl sites for hydroxylation is 1. The fourth-order valence-corrected chi connectivity index (χ4v) is 2.26. The van der Waals surface area contributed by atoms with Crippen LogP contribution in [0.15, 0.2) is 22.7 Å². The number of nitrogen functional groups attached to an aromatic ring is 1. The van der Waals surface area contributed by atoms with Crippen molar-refractivity contribution < 1.29 is 0 Å². The number of nitrogens with zero attached hydrogens (tertiary/aromatic N) is 2. The highest BCUT2D eigenvalue weighted by atomic mass is 79.9. The number of benzene rings is 1. The maximum atomic E-state index is 6.08. The molecule has 0 saturated carbocycles. The first kappa shape index (κ1) is 12.5. The fraction of sp³-hybridized carbons (Fsp3) is 0.250. The van der Waals surface area contributed by atoms with Gasteiger partial charge >= 0.3 is 0 Å². The van der Waals surface area contributed by atoms with Crippen molar-refractivity contribution in [2.24, 2.45) is 0 Å². The van der Waals surface area contributed by atoms with Gasteiger partial charge in [-0.15, -0.1) is 0 Å². The minimum Gasteiger partial charge on any atom is -0.383 e. The molecular weight excluding hydrogens is 302 g/mol. The first-order chi connectivity index (χ1) is 8.04. The van der Waals surface area contributed by atoms with Gasteiger partial charge in [-0.25, -0.2) is 4.98 Å². The lowest BCUT2D eigenvalue weighted by Gasteiger charge is -2.04. The quantitative estimate of drug-likeness (QED) is 0.914. The molecule has 2 N–H and O–H groups in total. The van der Waals surface area contributed by atoms with Crippen molar-refractivity contribution in [1.82, 2.24) is 9.55 Å². The fourth-order valence-electron chi connectivity index (χ4n) is 1.84. The number of imidazole rings is 1. The summed E-state index contributed by atoms with van der Waals surface area (Å²) < 4.78 is 2.85. The number of hydrogen-bond acceptors (Lipinski definition) is 2. The van der Waals surface area contributed by atoms with Gasteiger partial charge in [0.25, 0.3) is 0 Å². The Morgan fingerprint density at radius 1 is 1.47 bits per heavy atom. The zero-order chi connectivity index (χ0) is 12.6. The Hall–Kier alpha value is -1.00. The normalized spacial score (nSPS) is 10.8. The van der Waals surface area contributed by atoms with Crippen LogP contribution in [-0.4, -0.2) is 9.55 Å². The van der Waals surface area contributed by atoms with E-state index in [1.54, 1.807) is 0 Å². The summed E-state index contributed by atoms with van der Waals surface area (Å²) in [5, 5.41) is 0.658. The van der Waals surface area contributed by atoms with E-state index >= 15 is 0 Å². The van der Waals surface area contributed by atoms with E-state index in [4.69, 9.17) is 17.3 Å². The van der Waals surface area contributed by atoms with Gasteiger partial charge < -0.3 is 10.3 Å². The molecule has 5 heteroatoms. The van der Waals surface area contributed by atoms with Gasteiger partial charge in [-0.05, 0) is 41.9 Å². The molecule has 0 spiro atoms. The third kappa shape index (κ3) is 2.19. The predicted octanol–water partition coefficient (Wildman–Crippen LogP) is 3.88. The predicted molar refractivity (Wildman–Crippen MR) is 75.2 cm³/mol.